The van der Waals surface area contributed by atoms with Crippen molar-refractivity contribution < 1.29 is 26.5 Å². The van der Waals surface area contributed by atoms with Gasteiger partial charge in [-0.15, -0.1) is 0 Å². The van der Waals surface area contributed by atoms with Crippen LogP contribution in [0.25, 0.3) is 5.65 Å². The molecule has 152 valence electrons. The summed E-state index contributed by atoms with van der Waals surface area (Å²) in [6, 6.07) is 26.2. The van der Waals surface area contributed by atoms with E-state index >= 15 is 0 Å². The van der Waals surface area contributed by atoms with Gasteiger partial charge < -0.3 is 17.1 Å². The van der Waals surface area contributed by atoms with Crippen molar-refractivity contribution in [1.29, 1.82) is 0 Å². The van der Waals surface area contributed by atoms with E-state index in [2.05, 4.69) is 46.5 Å². The number of carbonyl (C=O) groups is 1. The van der Waals surface area contributed by atoms with Crippen LogP contribution in [-0.2, 0) is 21.5 Å². The number of ether oxygens (including phenoxy) is 1. The van der Waals surface area contributed by atoms with E-state index < -0.39 is 5.41 Å². The Morgan fingerprint density at radius 1 is 0.967 bits per heavy atom. The summed E-state index contributed by atoms with van der Waals surface area (Å²) in [5.41, 5.74) is 3.48. The Morgan fingerprint density at radius 2 is 1.60 bits per heavy atom. The van der Waals surface area contributed by atoms with Crippen LogP contribution in [0.1, 0.15) is 23.2 Å². The highest BCUT2D eigenvalue weighted by Crippen LogP contribution is 2.43. The van der Waals surface area contributed by atoms with E-state index in [0.717, 1.165) is 16.8 Å². The summed E-state index contributed by atoms with van der Waals surface area (Å²) in [6.45, 7) is 2.72. The number of halogens is 1. The third-order valence-corrected chi connectivity index (χ3v) is 5.99. The Balaban J connectivity index is 0.00000218. The van der Waals surface area contributed by atoms with E-state index in [1.807, 2.05) is 60.7 Å². The van der Waals surface area contributed by atoms with Crippen molar-refractivity contribution in [2.24, 2.45) is 0 Å². The number of hydrogen-bond donors (Lipinski definition) is 0. The van der Waals surface area contributed by atoms with E-state index in [0.29, 0.717) is 13.0 Å². The molecule has 1 aliphatic rings. The third-order valence-electron chi connectivity index (χ3n) is 5.99. The molecule has 1 saturated heterocycles. The van der Waals surface area contributed by atoms with Crippen molar-refractivity contribution in [3.63, 3.8) is 0 Å². The highest BCUT2D eigenvalue weighted by atomic mass is 35.5. The molecule has 0 aliphatic carbocycles. The van der Waals surface area contributed by atoms with Crippen molar-refractivity contribution in [1.82, 2.24) is 4.40 Å². The maximum Gasteiger partial charge on any atom is 0.321 e. The van der Waals surface area contributed by atoms with Crippen LogP contribution in [0.3, 0.4) is 0 Å². The molecule has 0 bridgehead atoms. The third kappa shape index (κ3) is 3.17. The molecule has 0 spiro atoms. The first-order valence-electron chi connectivity index (χ1n) is 9.97. The topological polar surface area (TPSA) is 34.6 Å². The van der Waals surface area contributed by atoms with Crippen molar-refractivity contribution in [2.75, 3.05) is 0 Å². The van der Waals surface area contributed by atoms with Gasteiger partial charge in [-0.1, -0.05) is 66.7 Å². The molecule has 2 aromatic carbocycles. The fourth-order valence-electron chi connectivity index (χ4n) is 4.54. The van der Waals surface area contributed by atoms with E-state index in [1.165, 1.54) is 5.69 Å². The van der Waals surface area contributed by atoms with Gasteiger partial charge in [0.05, 0.1) is 0 Å². The fraction of sp³-hybridized carbons (Fsp3) is 0.200. The van der Waals surface area contributed by atoms with Crippen molar-refractivity contribution >= 4 is 11.6 Å². The molecule has 1 atom stereocenters. The van der Waals surface area contributed by atoms with Crippen LogP contribution in [0.4, 0.5) is 0 Å². The van der Waals surface area contributed by atoms with Crippen LogP contribution in [0, 0.1) is 6.92 Å². The summed E-state index contributed by atoms with van der Waals surface area (Å²) in [7, 11) is 0. The number of fused-ring (bicyclic) bond motifs is 1. The average Bonchev–Trinajstić information content (AvgIpc) is 3.32. The van der Waals surface area contributed by atoms with Crippen LogP contribution >= 0.6 is 0 Å². The fourth-order valence-corrected chi connectivity index (χ4v) is 4.54. The van der Waals surface area contributed by atoms with Gasteiger partial charge in [-0.25, -0.2) is 8.97 Å². The second-order valence-corrected chi connectivity index (χ2v) is 7.71. The number of aryl methyl sites for hydroxylation is 1. The predicted molar refractivity (Wildman–Crippen MR) is 110 cm³/mol. The molecule has 3 heterocycles. The van der Waals surface area contributed by atoms with Crippen LogP contribution in [0.2, 0.25) is 0 Å². The van der Waals surface area contributed by atoms with E-state index in [4.69, 9.17) is 4.74 Å². The number of aromatic nitrogens is 2. The molecule has 2 aromatic heterocycles. The quantitative estimate of drug-likeness (QED) is 0.363. The molecule has 0 saturated carbocycles. The number of benzene rings is 2. The standard InChI is InChI=1S/C25H23N2O2.ClH/c1-19-9-8-14-23-26(15-16-27(19)23)18-22-17-25(24(28)29-22,20-10-4-2-5-11-20)21-12-6-3-7-13-21;/h2-16,22H,17-18H2,1H3;1H/q+1;/p-1. The number of hydrogen-bond acceptors (Lipinski definition) is 2. The monoisotopic (exact) mass is 418 g/mol. The number of pyridine rings is 1. The van der Waals surface area contributed by atoms with E-state index in [1.54, 1.807) is 0 Å². The van der Waals surface area contributed by atoms with Gasteiger partial charge in [-0.05, 0) is 24.1 Å². The summed E-state index contributed by atoms with van der Waals surface area (Å²) in [5, 5.41) is 0. The second kappa shape index (κ2) is 7.96. The number of rotatable bonds is 4. The molecular weight excluding hydrogens is 396 g/mol. The molecule has 0 radical (unpaired) electrons. The summed E-state index contributed by atoms with van der Waals surface area (Å²) in [6.07, 6.45) is 4.54. The Bertz CT molecular complexity index is 1130. The molecule has 1 fully saturated rings. The lowest BCUT2D eigenvalue weighted by atomic mass is 9.72. The molecule has 4 nitrogen and oxygen atoms in total. The molecule has 0 N–H and O–H groups in total. The minimum Gasteiger partial charge on any atom is -1.00 e. The van der Waals surface area contributed by atoms with Gasteiger partial charge >= 0.3 is 5.97 Å². The molecule has 1 aliphatic heterocycles. The van der Waals surface area contributed by atoms with E-state index in [9.17, 15) is 4.79 Å². The lowest BCUT2D eigenvalue weighted by molar-refractivity contribution is -0.677. The zero-order valence-electron chi connectivity index (χ0n) is 16.7. The first-order chi connectivity index (χ1) is 14.2. The Kier molecular flexibility index (Phi) is 5.35. The predicted octanol–water partition coefficient (Wildman–Crippen LogP) is 0.841. The first kappa shape index (κ1) is 20.2. The van der Waals surface area contributed by atoms with Crippen molar-refractivity contribution in [3.05, 3.63) is 108 Å². The average molecular weight is 419 g/mol. The number of nitrogens with zero attached hydrogens (tertiary/aromatic N) is 2. The number of cyclic esters (lactones) is 1. The summed E-state index contributed by atoms with van der Waals surface area (Å²) >= 11 is 0. The second-order valence-electron chi connectivity index (χ2n) is 7.71. The van der Waals surface area contributed by atoms with Gasteiger partial charge in [0.15, 0.2) is 0 Å². The van der Waals surface area contributed by atoms with Gasteiger partial charge in [-0.2, -0.15) is 0 Å². The normalized spacial score (nSPS) is 17.5. The lowest BCUT2D eigenvalue weighted by Gasteiger charge is -2.26. The zero-order valence-corrected chi connectivity index (χ0v) is 17.5. The first-order valence-corrected chi connectivity index (χ1v) is 9.97. The zero-order chi connectivity index (χ0) is 19.8. The van der Waals surface area contributed by atoms with Crippen molar-refractivity contribution in [3.8, 4) is 0 Å². The molecule has 5 heteroatoms. The van der Waals surface area contributed by atoms with E-state index in [-0.39, 0.29) is 24.5 Å². The maximum absolute atomic E-state index is 13.3. The SMILES string of the molecule is Cc1cccc2n1cc[n+]2CC1CC(c2ccccc2)(c2ccccc2)C(=O)O1.[Cl-]. The minimum absolute atomic E-state index is 0. The molecule has 4 aromatic rings. The smallest absolute Gasteiger partial charge is 0.321 e. The summed E-state index contributed by atoms with van der Waals surface area (Å²) in [5.74, 6) is -0.166. The molecular formula is C25H23ClN2O2. The largest absolute Gasteiger partial charge is 1.00 e. The summed E-state index contributed by atoms with van der Waals surface area (Å²) < 4.78 is 10.3. The molecule has 30 heavy (non-hydrogen) atoms. The maximum atomic E-state index is 13.3. The lowest BCUT2D eigenvalue weighted by Crippen LogP contribution is -3.00. The van der Waals surface area contributed by atoms with Crippen LogP contribution < -0.4 is 17.0 Å². The number of carbonyl (C=O) groups excluding carboxylic acids is 1. The molecule has 5 rings (SSSR count). The highest BCUT2D eigenvalue weighted by molar-refractivity contribution is 5.89. The van der Waals surface area contributed by atoms with Crippen LogP contribution in [-0.4, -0.2) is 16.5 Å². The van der Waals surface area contributed by atoms with Gasteiger partial charge in [-0.3, -0.25) is 4.79 Å². The van der Waals surface area contributed by atoms with Gasteiger partial charge in [0.25, 0.3) is 5.65 Å². The van der Waals surface area contributed by atoms with Crippen LogP contribution in [0.5, 0.6) is 0 Å². The number of esters is 1. The molecule has 1 unspecified atom stereocenters. The van der Waals surface area contributed by atoms with Crippen molar-refractivity contribution in [2.45, 2.75) is 31.4 Å². The van der Waals surface area contributed by atoms with Gasteiger partial charge in [0.2, 0.25) is 0 Å². The minimum atomic E-state index is -0.765. The Morgan fingerprint density at radius 3 is 2.23 bits per heavy atom. The Labute approximate surface area is 182 Å². The van der Waals surface area contributed by atoms with Gasteiger partial charge in [0.1, 0.15) is 36.2 Å². The molecule has 0 amide bonds. The summed E-state index contributed by atoms with van der Waals surface area (Å²) in [4.78, 5) is 13.3. The van der Waals surface area contributed by atoms with Crippen LogP contribution in [0.15, 0.2) is 91.3 Å². The van der Waals surface area contributed by atoms with Gasteiger partial charge in [0, 0.05) is 12.5 Å². The highest BCUT2D eigenvalue weighted by Gasteiger charge is 2.52. The number of imidazole rings is 1. The Hall–Kier alpha value is -3.11.